The summed E-state index contributed by atoms with van der Waals surface area (Å²) in [6.07, 6.45) is 1.57. The Hall–Kier alpha value is -2.82. The molecule has 0 radical (unpaired) electrons. The summed E-state index contributed by atoms with van der Waals surface area (Å²) < 4.78 is 11.2. The van der Waals surface area contributed by atoms with Gasteiger partial charge in [0, 0.05) is 11.5 Å². The summed E-state index contributed by atoms with van der Waals surface area (Å²) in [5.41, 5.74) is 2.36. The third-order valence-corrected chi connectivity index (χ3v) is 3.27. The van der Waals surface area contributed by atoms with Crippen molar-refractivity contribution in [2.75, 3.05) is 0 Å². The number of rotatable bonds is 4. The first kappa shape index (κ1) is 13.2. The van der Waals surface area contributed by atoms with E-state index < -0.39 is 4.92 Å². The Bertz CT molecular complexity index is 793. The maximum Gasteiger partial charge on any atom is 0.274 e. The molecule has 1 heterocycles. The lowest BCUT2D eigenvalue weighted by molar-refractivity contribution is -0.384. The van der Waals surface area contributed by atoms with Gasteiger partial charge < -0.3 is 9.15 Å². The SMILES string of the molecule is Cc1coc2c(OCc3ccccc3)cc([N+](=O)[O-])cc12. The number of hydrogen-bond acceptors (Lipinski definition) is 4. The Labute approximate surface area is 120 Å². The van der Waals surface area contributed by atoms with Crippen LogP contribution in [0.3, 0.4) is 0 Å². The number of non-ortho nitro benzene ring substituents is 1. The molecule has 0 bridgehead atoms. The van der Waals surface area contributed by atoms with Gasteiger partial charge >= 0.3 is 0 Å². The molecule has 0 spiro atoms. The molecule has 0 unspecified atom stereocenters. The van der Waals surface area contributed by atoms with Crippen molar-refractivity contribution in [3.8, 4) is 5.75 Å². The van der Waals surface area contributed by atoms with Gasteiger partial charge in [-0.05, 0) is 18.1 Å². The van der Waals surface area contributed by atoms with Gasteiger partial charge in [-0.25, -0.2) is 0 Å². The van der Waals surface area contributed by atoms with Gasteiger partial charge in [0.05, 0.1) is 17.3 Å². The zero-order valence-corrected chi connectivity index (χ0v) is 11.4. The van der Waals surface area contributed by atoms with Crippen LogP contribution in [0.2, 0.25) is 0 Å². The number of furan rings is 1. The van der Waals surface area contributed by atoms with Gasteiger partial charge in [-0.15, -0.1) is 0 Å². The van der Waals surface area contributed by atoms with Crippen molar-refractivity contribution >= 4 is 16.7 Å². The molecule has 1 aromatic heterocycles. The lowest BCUT2D eigenvalue weighted by Gasteiger charge is -2.07. The van der Waals surface area contributed by atoms with Crippen molar-refractivity contribution in [1.29, 1.82) is 0 Å². The van der Waals surface area contributed by atoms with Crippen LogP contribution in [0.25, 0.3) is 11.0 Å². The standard InChI is InChI=1S/C16H13NO4/c1-11-9-21-16-14(11)7-13(17(18)19)8-15(16)20-10-12-5-3-2-4-6-12/h2-9H,10H2,1H3. The molecule has 0 saturated carbocycles. The zero-order chi connectivity index (χ0) is 14.8. The molecular formula is C16H13NO4. The van der Waals surface area contributed by atoms with Gasteiger partial charge in [0.2, 0.25) is 0 Å². The summed E-state index contributed by atoms with van der Waals surface area (Å²) in [5, 5.41) is 11.7. The minimum absolute atomic E-state index is 0.00457. The van der Waals surface area contributed by atoms with Gasteiger partial charge in [-0.2, -0.15) is 0 Å². The third-order valence-electron chi connectivity index (χ3n) is 3.27. The minimum atomic E-state index is -0.429. The Morgan fingerprint density at radius 3 is 2.71 bits per heavy atom. The normalized spacial score (nSPS) is 10.7. The second-order valence-electron chi connectivity index (χ2n) is 4.77. The molecule has 0 amide bonds. The van der Waals surface area contributed by atoms with E-state index in [9.17, 15) is 10.1 Å². The van der Waals surface area contributed by atoms with Crippen LogP contribution in [-0.4, -0.2) is 4.92 Å². The average Bonchev–Trinajstić information content (AvgIpc) is 2.87. The fourth-order valence-electron chi connectivity index (χ4n) is 2.16. The van der Waals surface area contributed by atoms with Crippen LogP contribution in [0.5, 0.6) is 5.75 Å². The lowest BCUT2D eigenvalue weighted by Crippen LogP contribution is -1.97. The first-order valence-electron chi connectivity index (χ1n) is 6.48. The Morgan fingerprint density at radius 1 is 1.24 bits per heavy atom. The summed E-state index contributed by atoms with van der Waals surface area (Å²) >= 11 is 0. The van der Waals surface area contributed by atoms with E-state index in [-0.39, 0.29) is 5.69 Å². The second-order valence-corrected chi connectivity index (χ2v) is 4.77. The molecular weight excluding hydrogens is 270 g/mol. The number of ether oxygens (including phenoxy) is 1. The minimum Gasteiger partial charge on any atom is -0.485 e. The molecule has 3 rings (SSSR count). The highest BCUT2D eigenvalue weighted by molar-refractivity contribution is 5.88. The Balaban J connectivity index is 1.98. The monoisotopic (exact) mass is 283 g/mol. The van der Waals surface area contributed by atoms with E-state index in [0.717, 1.165) is 11.1 Å². The molecule has 5 heteroatoms. The molecule has 21 heavy (non-hydrogen) atoms. The maximum atomic E-state index is 11.0. The predicted octanol–water partition coefficient (Wildman–Crippen LogP) is 4.23. The van der Waals surface area contributed by atoms with E-state index in [2.05, 4.69) is 0 Å². The number of nitro groups is 1. The van der Waals surface area contributed by atoms with Crippen LogP contribution < -0.4 is 4.74 Å². The van der Waals surface area contributed by atoms with Crippen molar-refractivity contribution in [1.82, 2.24) is 0 Å². The first-order valence-corrected chi connectivity index (χ1v) is 6.48. The molecule has 0 N–H and O–H groups in total. The Kier molecular flexibility index (Phi) is 3.31. The highest BCUT2D eigenvalue weighted by Crippen LogP contribution is 2.34. The molecule has 3 aromatic rings. The molecule has 0 aliphatic rings. The fourth-order valence-corrected chi connectivity index (χ4v) is 2.16. The van der Waals surface area contributed by atoms with Crippen molar-refractivity contribution in [2.24, 2.45) is 0 Å². The number of fused-ring (bicyclic) bond motifs is 1. The van der Waals surface area contributed by atoms with E-state index in [1.54, 1.807) is 6.26 Å². The van der Waals surface area contributed by atoms with Gasteiger partial charge in [-0.1, -0.05) is 30.3 Å². The van der Waals surface area contributed by atoms with Gasteiger partial charge in [0.25, 0.3) is 5.69 Å². The van der Waals surface area contributed by atoms with Gasteiger partial charge in [0.15, 0.2) is 11.3 Å². The summed E-state index contributed by atoms with van der Waals surface area (Å²) in [6, 6.07) is 12.5. The quantitative estimate of drug-likeness (QED) is 0.531. The van der Waals surface area contributed by atoms with Crippen molar-refractivity contribution in [3.63, 3.8) is 0 Å². The van der Waals surface area contributed by atoms with E-state index in [0.29, 0.717) is 23.3 Å². The van der Waals surface area contributed by atoms with E-state index >= 15 is 0 Å². The number of nitro benzene ring substituents is 1. The summed E-state index contributed by atoms with van der Waals surface area (Å²) in [5.74, 6) is 0.385. The number of benzene rings is 2. The molecule has 5 nitrogen and oxygen atoms in total. The summed E-state index contributed by atoms with van der Waals surface area (Å²) in [7, 11) is 0. The van der Waals surface area contributed by atoms with Crippen LogP contribution in [-0.2, 0) is 6.61 Å². The molecule has 0 atom stereocenters. The van der Waals surface area contributed by atoms with Crippen LogP contribution >= 0.6 is 0 Å². The van der Waals surface area contributed by atoms with Crippen LogP contribution in [0, 0.1) is 17.0 Å². The highest BCUT2D eigenvalue weighted by Gasteiger charge is 2.16. The molecule has 2 aromatic carbocycles. The van der Waals surface area contributed by atoms with Crippen LogP contribution in [0.15, 0.2) is 53.1 Å². The zero-order valence-electron chi connectivity index (χ0n) is 11.4. The van der Waals surface area contributed by atoms with Crippen LogP contribution in [0.1, 0.15) is 11.1 Å². The largest absolute Gasteiger partial charge is 0.485 e. The first-order chi connectivity index (χ1) is 10.1. The predicted molar refractivity (Wildman–Crippen MR) is 78.4 cm³/mol. The number of aryl methyl sites for hydroxylation is 1. The second kappa shape index (κ2) is 5.28. The Morgan fingerprint density at radius 2 is 2.00 bits per heavy atom. The van der Waals surface area contributed by atoms with E-state index in [1.807, 2.05) is 37.3 Å². The van der Waals surface area contributed by atoms with Gasteiger partial charge in [-0.3, -0.25) is 10.1 Å². The highest BCUT2D eigenvalue weighted by atomic mass is 16.6. The molecule has 0 saturated heterocycles. The average molecular weight is 283 g/mol. The van der Waals surface area contributed by atoms with Gasteiger partial charge in [0.1, 0.15) is 6.61 Å². The van der Waals surface area contributed by atoms with E-state index in [4.69, 9.17) is 9.15 Å². The van der Waals surface area contributed by atoms with E-state index in [1.165, 1.54) is 12.1 Å². The maximum absolute atomic E-state index is 11.0. The van der Waals surface area contributed by atoms with Crippen molar-refractivity contribution < 1.29 is 14.1 Å². The fraction of sp³-hybridized carbons (Fsp3) is 0.125. The summed E-state index contributed by atoms with van der Waals surface area (Å²) in [6.45, 7) is 2.17. The topological polar surface area (TPSA) is 65.5 Å². The smallest absolute Gasteiger partial charge is 0.274 e. The number of hydrogen-bond donors (Lipinski definition) is 0. The van der Waals surface area contributed by atoms with Crippen molar-refractivity contribution in [3.05, 3.63) is 70.0 Å². The van der Waals surface area contributed by atoms with Crippen LogP contribution in [0.4, 0.5) is 5.69 Å². The summed E-state index contributed by atoms with van der Waals surface area (Å²) in [4.78, 5) is 10.6. The molecule has 0 fully saturated rings. The molecule has 0 aliphatic carbocycles. The molecule has 0 aliphatic heterocycles. The van der Waals surface area contributed by atoms with Crippen molar-refractivity contribution in [2.45, 2.75) is 13.5 Å². The lowest BCUT2D eigenvalue weighted by atomic mass is 10.1. The third kappa shape index (κ3) is 2.58. The molecule has 106 valence electrons. The number of nitrogens with zero attached hydrogens (tertiary/aromatic N) is 1.